The van der Waals surface area contributed by atoms with Crippen LogP contribution in [0.25, 0.3) is 11.3 Å². The number of furan rings is 1. The van der Waals surface area contributed by atoms with Crippen molar-refractivity contribution in [3.63, 3.8) is 0 Å². The zero-order chi connectivity index (χ0) is 14.8. The molecule has 1 atom stereocenters. The molecule has 1 aromatic carbocycles. The van der Waals surface area contributed by atoms with Gasteiger partial charge in [-0.05, 0) is 30.7 Å². The van der Waals surface area contributed by atoms with Gasteiger partial charge in [-0.15, -0.1) is 0 Å². The molecule has 0 spiro atoms. The van der Waals surface area contributed by atoms with E-state index in [2.05, 4.69) is 0 Å². The fourth-order valence-electron chi connectivity index (χ4n) is 2.01. The molecule has 0 bridgehead atoms. The Labute approximate surface area is 115 Å². The standard InChI is InChI=1S/C15H16F3NO/c1-2-4-12(19)14-8-7-13(20-14)10-5-3-6-11(9-10)15(16,17)18/h3,5-9,12H,2,4,19H2,1H3. The lowest BCUT2D eigenvalue weighted by Gasteiger charge is -2.08. The maximum Gasteiger partial charge on any atom is 0.416 e. The molecule has 1 unspecified atom stereocenters. The molecule has 2 rings (SSSR count). The SMILES string of the molecule is CCCC(N)c1ccc(-c2cccc(C(F)(F)F)c2)o1. The van der Waals surface area contributed by atoms with Gasteiger partial charge in [0.05, 0.1) is 11.6 Å². The summed E-state index contributed by atoms with van der Waals surface area (Å²) in [6, 6.07) is 8.22. The van der Waals surface area contributed by atoms with Crippen molar-refractivity contribution in [2.45, 2.75) is 32.0 Å². The summed E-state index contributed by atoms with van der Waals surface area (Å²) in [6.07, 6.45) is -2.67. The van der Waals surface area contributed by atoms with Crippen LogP contribution in [0.4, 0.5) is 13.2 Å². The van der Waals surface area contributed by atoms with Crippen molar-refractivity contribution in [3.05, 3.63) is 47.7 Å². The lowest BCUT2D eigenvalue weighted by molar-refractivity contribution is -0.137. The first-order chi connectivity index (χ1) is 9.41. The molecule has 2 nitrogen and oxygen atoms in total. The largest absolute Gasteiger partial charge is 0.459 e. The quantitative estimate of drug-likeness (QED) is 0.878. The van der Waals surface area contributed by atoms with Gasteiger partial charge in [-0.2, -0.15) is 13.2 Å². The molecule has 0 fully saturated rings. The Hall–Kier alpha value is -1.75. The third kappa shape index (κ3) is 3.22. The smallest absolute Gasteiger partial charge is 0.416 e. The van der Waals surface area contributed by atoms with Gasteiger partial charge >= 0.3 is 6.18 Å². The zero-order valence-corrected chi connectivity index (χ0v) is 11.1. The minimum Gasteiger partial charge on any atom is -0.459 e. The van der Waals surface area contributed by atoms with Crippen LogP contribution < -0.4 is 5.73 Å². The van der Waals surface area contributed by atoms with Crippen LogP contribution in [0.15, 0.2) is 40.8 Å². The van der Waals surface area contributed by atoms with Crippen molar-refractivity contribution >= 4 is 0 Å². The minimum atomic E-state index is -4.36. The van der Waals surface area contributed by atoms with E-state index in [1.165, 1.54) is 6.07 Å². The third-order valence-corrected chi connectivity index (χ3v) is 3.07. The van der Waals surface area contributed by atoms with Crippen LogP contribution >= 0.6 is 0 Å². The van der Waals surface area contributed by atoms with Crippen molar-refractivity contribution in [1.82, 2.24) is 0 Å². The van der Waals surface area contributed by atoms with Crippen LogP contribution in [-0.2, 0) is 6.18 Å². The molecule has 0 aliphatic heterocycles. The van der Waals surface area contributed by atoms with E-state index in [0.29, 0.717) is 17.1 Å². The van der Waals surface area contributed by atoms with E-state index >= 15 is 0 Å². The average Bonchev–Trinajstić information content (AvgIpc) is 2.88. The number of hydrogen-bond donors (Lipinski definition) is 1. The summed E-state index contributed by atoms with van der Waals surface area (Å²) in [5, 5.41) is 0. The molecule has 2 aromatic rings. The Morgan fingerprint density at radius 1 is 1.20 bits per heavy atom. The van der Waals surface area contributed by atoms with Gasteiger partial charge in [-0.3, -0.25) is 0 Å². The summed E-state index contributed by atoms with van der Waals surface area (Å²) in [5.41, 5.74) is 5.63. The predicted molar refractivity (Wildman–Crippen MR) is 71.0 cm³/mol. The Balaban J connectivity index is 2.28. The summed E-state index contributed by atoms with van der Waals surface area (Å²) in [4.78, 5) is 0. The number of halogens is 3. The molecule has 0 aliphatic carbocycles. The van der Waals surface area contributed by atoms with Crippen molar-refractivity contribution in [1.29, 1.82) is 0 Å². The minimum absolute atomic E-state index is 0.223. The zero-order valence-electron chi connectivity index (χ0n) is 11.1. The number of rotatable bonds is 4. The van der Waals surface area contributed by atoms with Gasteiger partial charge in [-0.25, -0.2) is 0 Å². The molecule has 0 saturated carbocycles. The Morgan fingerprint density at radius 3 is 2.60 bits per heavy atom. The molecule has 1 heterocycles. The van der Waals surface area contributed by atoms with Crippen LogP contribution in [0, 0.1) is 0 Å². The first-order valence-corrected chi connectivity index (χ1v) is 6.44. The van der Waals surface area contributed by atoms with E-state index in [4.69, 9.17) is 10.2 Å². The van der Waals surface area contributed by atoms with Gasteiger partial charge in [0.25, 0.3) is 0 Å². The highest BCUT2D eigenvalue weighted by molar-refractivity contribution is 5.59. The van der Waals surface area contributed by atoms with Crippen molar-refractivity contribution in [2.24, 2.45) is 5.73 Å². The molecule has 0 amide bonds. The highest BCUT2D eigenvalue weighted by Crippen LogP contribution is 2.33. The van der Waals surface area contributed by atoms with Gasteiger partial charge in [-0.1, -0.05) is 25.5 Å². The lowest BCUT2D eigenvalue weighted by Crippen LogP contribution is -2.08. The second kappa shape index (κ2) is 5.71. The van der Waals surface area contributed by atoms with Gasteiger partial charge in [0.1, 0.15) is 11.5 Å². The van der Waals surface area contributed by atoms with Gasteiger partial charge in [0.2, 0.25) is 0 Å². The maximum atomic E-state index is 12.7. The van der Waals surface area contributed by atoms with E-state index in [1.54, 1.807) is 18.2 Å². The topological polar surface area (TPSA) is 39.2 Å². The second-order valence-electron chi connectivity index (χ2n) is 4.68. The predicted octanol–water partition coefficient (Wildman–Crippen LogP) is 4.77. The van der Waals surface area contributed by atoms with Crippen molar-refractivity contribution < 1.29 is 17.6 Å². The third-order valence-electron chi connectivity index (χ3n) is 3.07. The second-order valence-corrected chi connectivity index (χ2v) is 4.68. The number of hydrogen-bond acceptors (Lipinski definition) is 2. The molecule has 108 valence electrons. The Kier molecular flexibility index (Phi) is 4.18. The molecule has 1 aromatic heterocycles. The molecule has 20 heavy (non-hydrogen) atoms. The number of nitrogens with two attached hydrogens (primary N) is 1. The van der Waals surface area contributed by atoms with Gasteiger partial charge in [0.15, 0.2) is 0 Å². The monoisotopic (exact) mass is 283 g/mol. The van der Waals surface area contributed by atoms with Crippen LogP contribution in [0.5, 0.6) is 0 Å². The summed E-state index contributed by atoms with van der Waals surface area (Å²) in [5.74, 6) is 0.997. The molecule has 0 aliphatic rings. The summed E-state index contributed by atoms with van der Waals surface area (Å²) >= 11 is 0. The van der Waals surface area contributed by atoms with E-state index in [1.807, 2.05) is 6.92 Å². The summed E-state index contributed by atoms with van der Waals surface area (Å²) in [6.45, 7) is 2.01. The highest BCUT2D eigenvalue weighted by atomic mass is 19.4. The lowest BCUT2D eigenvalue weighted by atomic mass is 10.1. The Morgan fingerprint density at radius 2 is 1.95 bits per heavy atom. The maximum absolute atomic E-state index is 12.7. The van der Waals surface area contributed by atoms with E-state index in [-0.39, 0.29) is 6.04 Å². The first-order valence-electron chi connectivity index (χ1n) is 6.44. The van der Waals surface area contributed by atoms with Crippen LogP contribution in [-0.4, -0.2) is 0 Å². The van der Waals surface area contributed by atoms with E-state index < -0.39 is 11.7 Å². The summed E-state index contributed by atoms with van der Waals surface area (Å²) < 4.78 is 43.6. The van der Waals surface area contributed by atoms with E-state index in [0.717, 1.165) is 25.0 Å². The fraction of sp³-hybridized carbons (Fsp3) is 0.333. The van der Waals surface area contributed by atoms with Crippen molar-refractivity contribution in [3.8, 4) is 11.3 Å². The number of benzene rings is 1. The van der Waals surface area contributed by atoms with Crippen molar-refractivity contribution in [2.75, 3.05) is 0 Å². The summed E-state index contributed by atoms with van der Waals surface area (Å²) in [7, 11) is 0. The Bertz CT molecular complexity index is 574. The van der Waals surface area contributed by atoms with E-state index in [9.17, 15) is 13.2 Å². The van der Waals surface area contributed by atoms with Crippen LogP contribution in [0.3, 0.4) is 0 Å². The molecule has 0 saturated heterocycles. The average molecular weight is 283 g/mol. The normalized spacial score (nSPS) is 13.4. The molecule has 5 heteroatoms. The van der Waals surface area contributed by atoms with Crippen LogP contribution in [0.2, 0.25) is 0 Å². The highest BCUT2D eigenvalue weighted by Gasteiger charge is 2.30. The fourth-order valence-corrected chi connectivity index (χ4v) is 2.01. The van der Waals surface area contributed by atoms with Crippen LogP contribution in [0.1, 0.15) is 37.1 Å². The molecule has 2 N–H and O–H groups in total. The van der Waals surface area contributed by atoms with Gasteiger partial charge in [0, 0.05) is 5.56 Å². The van der Waals surface area contributed by atoms with Gasteiger partial charge < -0.3 is 10.2 Å². The first kappa shape index (κ1) is 14.7. The number of alkyl halides is 3. The molecular formula is C15H16F3NO. The molecular weight excluding hydrogens is 267 g/mol. The molecule has 0 radical (unpaired) electrons.